The summed E-state index contributed by atoms with van der Waals surface area (Å²) in [6.07, 6.45) is 16.3. The normalized spacial score (nSPS) is 12.8. The van der Waals surface area contributed by atoms with E-state index in [-0.39, 0.29) is 0 Å². The van der Waals surface area contributed by atoms with Gasteiger partial charge in [0.2, 0.25) is 0 Å². The largest absolute Gasteiger partial charge is 0.330 e. The van der Waals surface area contributed by atoms with Crippen molar-refractivity contribution in [1.29, 1.82) is 0 Å². The first-order chi connectivity index (χ1) is 8.85. The van der Waals surface area contributed by atoms with Crippen molar-refractivity contribution in [1.82, 2.24) is 0 Å². The Morgan fingerprint density at radius 1 is 0.611 bits per heavy atom. The minimum atomic E-state index is 0.861. The van der Waals surface area contributed by atoms with Crippen LogP contribution >= 0.6 is 0 Å². The van der Waals surface area contributed by atoms with Crippen LogP contribution < -0.4 is 11.5 Å². The molecule has 0 saturated heterocycles. The molecule has 0 amide bonds. The summed E-state index contributed by atoms with van der Waals surface area (Å²) < 4.78 is 0. The lowest BCUT2D eigenvalue weighted by Crippen LogP contribution is -2.01. The average Bonchev–Trinajstić information content (AvgIpc) is 2.40. The van der Waals surface area contributed by atoms with Gasteiger partial charge in [0.15, 0.2) is 0 Å². The summed E-state index contributed by atoms with van der Waals surface area (Å²) >= 11 is 0. The van der Waals surface area contributed by atoms with E-state index in [1.807, 2.05) is 0 Å². The van der Waals surface area contributed by atoms with Gasteiger partial charge in [-0.3, -0.25) is 0 Å². The van der Waals surface area contributed by atoms with E-state index in [0.717, 1.165) is 19.0 Å². The van der Waals surface area contributed by atoms with Crippen molar-refractivity contribution in [2.45, 2.75) is 84.0 Å². The maximum absolute atomic E-state index is 5.50. The molecule has 0 rings (SSSR count). The first-order valence-electron chi connectivity index (χ1n) is 8.25. The van der Waals surface area contributed by atoms with Crippen LogP contribution in [0.3, 0.4) is 0 Å². The third-order valence-electron chi connectivity index (χ3n) is 3.96. The molecule has 0 aromatic carbocycles. The van der Waals surface area contributed by atoms with Gasteiger partial charge in [-0.05, 0) is 31.8 Å². The molecule has 110 valence electrons. The maximum Gasteiger partial charge on any atom is -0.00773 e. The fourth-order valence-corrected chi connectivity index (χ4v) is 2.59. The molecule has 1 atom stereocenters. The molecular formula is C16H36N2. The fourth-order valence-electron chi connectivity index (χ4n) is 2.59. The molecule has 0 bridgehead atoms. The Hall–Kier alpha value is -0.0800. The van der Waals surface area contributed by atoms with Crippen molar-refractivity contribution in [3.05, 3.63) is 0 Å². The molecule has 2 heteroatoms. The van der Waals surface area contributed by atoms with Crippen LogP contribution in [0.25, 0.3) is 0 Å². The second-order valence-corrected chi connectivity index (χ2v) is 5.61. The third kappa shape index (κ3) is 12.4. The van der Waals surface area contributed by atoms with Crippen LogP contribution in [0.5, 0.6) is 0 Å². The molecule has 0 aliphatic carbocycles. The topological polar surface area (TPSA) is 52.0 Å². The van der Waals surface area contributed by atoms with E-state index in [2.05, 4.69) is 6.92 Å². The fraction of sp³-hybridized carbons (Fsp3) is 1.00. The molecule has 0 heterocycles. The molecule has 18 heavy (non-hydrogen) atoms. The number of unbranched alkanes of at least 4 members (excludes halogenated alkanes) is 7. The van der Waals surface area contributed by atoms with Crippen molar-refractivity contribution in [2.75, 3.05) is 13.1 Å². The summed E-state index contributed by atoms with van der Waals surface area (Å²) in [4.78, 5) is 0. The lowest BCUT2D eigenvalue weighted by Gasteiger charge is -2.14. The molecule has 2 nitrogen and oxygen atoms in total. The Balaban J connectivity index is 3.29. The molecule has 0 spiro atoms. The third-order valence-corrected chi connectivity index (χ3v) is 3.96. The lowest BCUT2D eigenvalue weighted by molar-refractivity contribution is 0.394. The smallest absolute Gasteiger partial charge is 0.00773 e. The molecule has 0 fully saturated rings. The van der Waals surface area contributed by atoms with E-state index >= 15 is 0 Å². The van der Waals surface area contributed by atoms with Gasteiger partial charge in [-0.1, -0.05) is 71.1 Å². The zero-order valence-electron chi connectivity index (χ0n) is 12.6. The highest BCUT2D eigenvalue weighted by Gasteiger charge is 2.05. The van der Waals surface area contributed by atoms with Gasteiger partial charge in [-0.25, -0.2) is 0 Å². The van der Waals surface area contributed by atoms with Gasteiger partial charge < -0.3 is 11.5 Å². The van der Waals surface area contributed by atoms with Crippen LogP contribution in [0, 0.1) is 5.92 Å². The highest BCUT2D eigenvalue weighted by atomic mass is 14.5. The highest BCUT2D eigenvalue weighted by molar-refractivity contribution is 4.59. The first-order valence-corrected chi connectivity index (χ1v) is 8.25. The summed E-state index contributed by atoms with van der Waals surface area (Å²) in [5.74, 6) is 0.970. The van der Waals surface area contributed by atoms with Crippen LogP contribution in [0.15, 0.2) is 0 Å². The van der Waals surface area contributed by atoms with Crippen molar-refractivity contribution in [2.24, 2.45) is 17.4 Å². The average molecular weight is 256 g/mol. The van der Waals surface area contributed by atoms with E-state index in [4.69, 9.17) is 11.5 Å². The summed E-state index contributed by atoms with van der Waals surface area (Å²) in [7, 11) is 0. The predicted octanol–water partition coefficient (Wildman–Crippen LogP) is 4.22. The molecular weight excluding hydrogens is 220 g/mol. The van der Waals surface area contributed by atoms with Crippen LogP contribution in [0.2, 0.25) is 0 Å². The first kappa shape index (κ1) is 17.9. The van der Waals surface area contributed by atoms with Gasteiger partial charge in [0.1, 0.15) is 0 Å². The summed E-state index contributed by atoms with van der Waals surface area (Å²) in [5.41, 5.74) is 11.0. The maximum atomic E-state index is 5.50. The number of hydrogen-bond donors (Lipinski definition) is 2. The monoisotopic (exact) mass is 256 g/mol. The molecule has 1 unspecified atom stereocenters. The molecule has 0 aliphatic heterocycles. The van der Waals surface area contributed by atoms with Crippen molar-refractivity contribution < 1.29 is 0 Å². The molecule has 0 aliphatic rings. The molecule has 0 radical (unpaired) electrons. The highest BCUT2D eigenvalue weighted by Crippen LogP contribution is 2.21. The minimum absolute atomic E-state index is 0.861. The number of hydrogen-bond acceptors (Lipinski definition) is 2. The van der Waals surface area contributed by atoms with Gasteiger partial charge in [-0.2, -0.15) is 0 Å². The lowest BCUT2D eigenvalue weighted by atomic mass is 9.92. The standard InChI is InChI=1S/C16H36N2/c1-2-16(13-9-5-7-11-15-18)12-8-4-3-6-10-14-17/h16H,2-15,17-18H2,1H3. The van der Waals surface area contributed by atoms with Crippen molar-refractivity contribution >= 4 is 0 Å². The Morgan fingerprint density at radius 2 is 1.00 bits per heavy atom. The van der Waals surface area contributed by atoms with Crippen LogP contribution in [-0.2, 0) is 0 Å². The second kappa shape index (κ2) is 15.0. The summed E-state index contributed by atoms with van der Waals surface area (Å²) in [6.45, 7) is 4.07. The zero-order valence-corrected chi connectivity index (χ0v) is 12.6. The van der Waals surface area contributed by atoms with Crippen molar-refractivity contribution in [3.8, 4) is 0 Å². The Labute approximate surface area is 115 Å². The number of nitrogens with two attached hydrogens (primary N) is 2. The molecule has 0 saturated carbocycles. The van der Waals surface area contributed by atoms with Crippen molar-refractivity contribution in [3.63, 3.8) is 0 Å². The Morgan fingerprint density at radius 3 is 1.39 bits per heavy atom. The second-order valence-electron chi connectivity index (χ2n) is 5.61. The van der Waals surface area contributed by atoms with Crippen LogP contribution in [0.1, 0.15) is 84.0 Å². The van der Waals surface area contributed by atoms with Gasteiger partial charge in [-0.15, -0.1) is 0 Å². The molecule has 0 aromatic heterocycles. The van der Waals surface area contributed by atoms with E-state index < -0.39 is 0 Å². The Bertz CT molecular complexity index is 148. The minimum Gasteiger partial charge on any atom is -0.330 e. The van der Waals surface area contributed by atoms with Gasteiger partial charge >= 0.3 is 0 Å². The van der Waals surface area contributed by atoms with Gasteiger partial charge in [0.25, 0.3) is 0 Å². The summed E-state index contributed by atoms with van der Waals surface area (Å²) in [5, 5.41) is 0. The van der Waals surface area contributed by atoms with E-state index in [1.54, 1.807) is 0 Å². The van der Waals surface area contributed by atoms with Crippen LogP contribution in [-0.4, -0.2) is 13.1 Å². The Kier molecular flexibility index (Phi) is 14.9. The molecule has 0 aromatic rings. The molecule has 4 N–H and O–H groups in total. The van der Waals surface area contributed by atoms with Gasteiger partial charge in [0.05, 0.1) is 0 Å². The summed E-state index contributed by atoms with van der Waals surface area (Å²) in [6, 6.07) is 0. The number of rotatable bonds is 14. The predicted molar refractivity (Wildman–Crippen MR) is 82.7 cm³/mol. The van der Waals surface area contributed by atoms with E-state index in [9.17, 15) is 0 Å². The zero-order chi connectivity index (χ0) is 13.5. The van der Waals surface area contributed by atoms with Gasteiger partial charge in [0, 0.05) is 0 Å². The van der Waals surface area contributed by atoms with Crippen LogP contribution in [0.4, 0.5) is 0 Å². The quantitative estimate of drug-likeness (QED) is 0.457. The SMILES string of the molecule is CCC(CCCCCCN)CCCCCCCN. The van der Waals surface area contributed by atoms with E-state index in [0.29, 0.717) is 0 Å². The van der Waals surface area contributed by atoms with E-state index in [1.165, 1.54) is 77.0 Å².